The summed E-state index contributed by atoms with van der Waals surface area (Å²) in [5, 5.41) is 15.2. The van der Waals surface area contributed by atoms with E-state index in [0.29, 0.717) is 28.4 Å². The third-order valence-corrected chi connectivity index (χ3v) is 7.93. The van der Waals surface area contributed by atoms with Gasteiger partial charge in [-0.1, -0.05) is 48.0 Å². The van der Waals surface area contributed by atoms with Crippen molar-refractivity contribution in [1.82, 2.24) is 20.4 Å². The van der Waals surface area contributed by atoms with Crippen LogP contribution >= 0.6 is 15.9 Å². The topological polar surface area (TPSA) is 136 Å². The molecule has 2 saturated heterocycles. The summed E-state index contributed by atoms with van der Waals surface area (Å²) in [5.74, 6) is -1.55. The Hall–Kier alpha value is -3.73. The molecule has 10 nitrogen and oxygen atoms in total. The number of nitrogens with one attached hydrogen (secondary N) is 2. The van der Waals surface area contributed by atoms with Gasteiger partial charge in [0.15, 0.2) is 5.78 Å². The molecule has 0 spiro atoms. The summed E-state index contributed by atoms with van der Waals surface area (Å²) in [6.07, 6.45) is 0.982. The minimum atomic E-state index is -0.990. The Balaban J connectivity index is 1.56. The highest BCUT2D eigenvalue weighted by molar-refractivity contribution is 9.10. The van der Waals surface area contributed by atoms with Crippen LogP contribution in [0.1, 0.15) is 49.5 Å². The summed E-state index contributed by atoms with van der Waals surface area (Å²) in [7, 11) is 0. The van der Waals surface area contributed by atoms with Crippen LogP contribution in [0.5, 0.6) is 5.75 Å². The highest BCUT2D eigenvalue weighted by Gasteiger charge is 2.53. The SMILES string of the molecule is CC(=O)N[C@@H](CC(C)C)C(=O)N1CC(=O)[C@@H]2[C@H]1CCN2C(=O)[C@H](Cc1ccc(O)cc1)NC(=O)c1cccc(Br)c1. The van der Waals surface area contributed by atoms with E-state index < -0.39 is 36.0 Å². The van der Waals surface area contributed by atoms with Gasteiger partial charge in [0.05, 0.1) is 12.6 Å². The van der Waals surface area contributed by atoms with Crippen molar-refractivity contribution in [3.05, 3.63) is 64.1 Å². The van der Waals surface area contributed by atoms with E-state index >= 15 is 0 Å². The number of nitrogens with zero attached hydrogens (tertiary/aromatic N) is 2. The van der Waals surface area contributed by atoms with E-state index in [0.717, 1.165) is 0 Å². The summed E-state index contributed by atoms with van der Waals surface area (Å²) < 4.78 is 0.713. The molecule has 3 N–H and O–H groups in total. The van der Waals surface area contributed by atoms with Crippen molar-refractivity contribution in [3.8, 4) is 5.75 Å². The molecule has 4 rings (SSSR count). The van der Waals surface area contributed by atoms with Crippen molar-refractivity contribution in [2.24, 2.45) is 5.92 Å². The van der Waals surface area contributed by atoms with Crippen LogP contribution in [0.4, 0.5) is 0 Å². The third kappa shape index (κ3) is 7.13. The van der Waals surface area contributed by atoms with E-state index in [1.807, 2.05) is 13.8 Å². The second-order valence-corrected chi connectivity index (χ2v) is 12.0. The second-order valence-electron chi connectivity index (χ2n) is 11.1. The zero-order valence-electron chi connectivity index (χ0n) is 23.3. The van der Waals surface area contributed by atoms with E-state index in [1.165, 1.54) is 28.9 Å². The zero-order chi connectivity index (χ0) is 29.8. The number of benzene rings is 2. The number of carbonyl (C=O) groups is 5. The number of ketones is 1. The molecule has 2 aliphatic rings. The first-order chi connectivity index (χ1) is 19.4. The van der Waals surface area contributed by atoms with Crippen LogP contribution in [0.3, 0.4) is 0 Å². The van der Waals surface area contributed by atoms with Crippen molar-refractivity contribution in [3.63, 3.8) is 0 Å². The Bertz CT molecular complexity index is 1330. The summed E-state index contributed by atoms with van der Waals surface area (Å²) in [6.45, 7) is 5.36. The Morgan fingerprint density at radius 2 is 1.68 bits per heavy atom. The standard InChI is InChI=1S/C30H35BrN4O6/c1-17(2)13-23(32-18(3)36)30(41)35-16-26(38)27-25(35)11-12-34(27)29(40)24(14-19-7-9-22(37)10-8-19)33-28(39)20-5-4-6-21(31)15-20/h4-10,15,17,23-25,27,37H,11-14,16H2,1-3H3,(H,32,36)(H,33,39)/t23-,24-,25+,27-/m0/s1. The van der Waals surface area contributed by atoms with E-state index in [2.05, 4.69) is 26.6 Å². The smallest absolute Gasteiger partial charge is 0.251 e. The van der Waals surface area contributed by atoms with Crippen LogP contribution in [-0.2, 0) is 25.6 Å². The predicted octanol–water partition coefficient (Wildman–Crippen LogP) is 2.43. The number of aromatic hydroxyl groups is 1. The lowest BCUT2D eigenvalue weighted by atomic mass is 10.0. The Morgan fingerprint density at radius 3 is 2.32 bits per heavy atom. The molecular weight excluding hydrogens is 592 g/mol. The maximum absolute atomic E-state index is 14.0. The minimum absolute atomic E-state index is 0.0773. The van der Waals surface area contributed by atoms with Gasteiger partial charge in [-0.25, -0.2) is 0 Å². The van der Waals surface area contributed by atoms with Gasteiger partial charge in [-0.2, -0.15) is 0 Å². The maximum atomic E-state index is 14.0. The number of amides is 4. The van der Waals surface area contributed by atoms with Crippen LogP contribution in [-0.4, -0.2) is 81.6 Å². The minimum Gasteiger partial charge on any atom is -0.508 e. The van der Waals surface area contributed by atoms with E-state index in [1.54, 1.807) is 36.4 Å². The molecule has 4 amide bonds. The molecule has 2 aliphatic heterocycles. The molecule has 2 heterocycles. The molecule has 0 radical (unpaired) electrons. The second kappa shape index (κ2) is 12.8. The van der Waals surface area contributed by atoms with Crippen LogP contribution < -0.4 is 10.6 Å². The van der Waals surface area contributed by atoms with E-state index in [9.17, 15) is 29.1 Å². The molecular formula is C30H35BrN4O6. The van der Waals surface area contributed by atoms with Crippen LogP contribution in [0.15, 0.2) is 53.0 Å². The lowest BCUT2D eigenvalue weighted by Crippen LogP contribution is -2.54. The van der Waals surface area contributed by atoms with Gasteiger partial charge in [-0.3, -0.25) is 24.0 Å². The average Bonchev–Trinajstić information content (AvgIpc) is 3.49. The monoisotopic (exact) mass is 626 g/mol. The number of likely N-dealkylation sites (tertiary alicyclic amines) is 2. The third-order valence-electron chi connectivity index (χ3n) is 7.44. The fourth-order valence-corrected chi connectivity index (χ4v) is 6.03. The number of hydrogen-bond donors (Lipinski definition) is 3. The molecule has 2 fully saturated rings. The van der Waals surface area contributed by atoms with Gasteiger partial charge in [-0.05, 0) is 54.7 Å². The van der Waals surface area contributed by atoms with Gasteiger partial charge < -0.3 is 25.5 Å². The lowest BCUT2D eigenvalue weighted by Gasteiger charge is -2.30. The molecule has 0 saturated carbocycles. The van der Waals surface area contributed by atoms with Crippen molar-refractivity contribution in [2.75, 3.05) is 13.1 Å². The molecule has 218 valence electrons. The summed E-state index contributed by atoms with van der Waals surface area (Å²) in [4.78, 5) is 68.6. The van der Waals surface area contributed by atoms with E-state index in [-0.39, 0.29) is 48.8 Å². The van der Waals surface area contributed by atoms with Crippen molar-refractivity contribution in [1.29, 1.82) is 0 Å². The Labute approximate surface area is 247 Å². The van der Waals surface area contributed by atoms with Crippen molar-refractivity contribution < 1.29 is 29.1 Å². The molecule has 4 atom stereocenters. The summed E-state index contributed by atoms with van der Waals surface area (Å²) >= 11 is 3.36. The summed E-state index contributed by atoms with van der Waals surface area (Å²) in [6, 6.07) is 10.1. The van der Waals surface area contributed by atoms with Crippen LogP contribution in [0.2, 0.25) is 0 Å². The van der Waals surface area contributed by atoms with Crippen molar-refractivity contribution >= 4 is 45.3 Å². The predicted molar refractivity (Wildman–Crippen MR) is 155 cm³/mol. The lowest BCUT2D eigenvalue weighted by molar-refractivity contribution is -0.138. The molecule has 11 heteroatoms. The number of fused-ring (bicyclic) bond motifs is 1. The highest BCUT2D eigenvalue weighted by Crippen LogP contribution is 2.31. The first kappa shape index (κ1) is 30.2. The van der Waals surface area contributed by atoms with E-state index in [4.69, 9.17) is 0 Å². The molecule has 2 aromatic carbocycles. The molecule has 0 aliphatic carbocycles. The Morgan fingerprint density at radius 1 is 1.00 bits per heavy atom. The van der Waals surface area contributed by atoms with Crippen LogP contribution in [0.25, 0.3) is 0 Å². The van der Waals surface area contributed by atoms with Gasteiger partial charge in [0.2, 0.25) is 17.7 Å². The highest BCUT2D eigenvalue weighted by atomic mass is 79.9. The average molecular weight is 628 g/mol. The van der Waals surface area contributed by atoms with Crippen LogP contribution in [0, 0.1) is 5.92 Å². The fraction of sp³-hybridized carbons (Fsp3) is 0.433. The number of carbonyl (C=O) groups excluding carboxylic acids is 5. The molecule has 0 aromatic heterocycles. The summed E-state index contributed by atoms with van der Waals surface area (Å²) in [5.41, 5.74) is 1.08. The molecule has 0 bridgehead atoms. The number of hydrogen-bond acceptors (Lipinski definition) is 6. The maximum Gasteiger partial charge on any atom is 0.251 e. The number of Topliss-reactive ketones (excluding diaryl/α,β-unsaturated/α-hetero) is 1. The first-order valence-electron chi connectivity index (χ1n) is 13.7. The number of phenols is 1. The largest absolute Gasteiger partial charge is 0.508 e. The number of phenolic OH excluding ortho intramolecular Hbond substituents is 1. The fourth-order valence-electron chi connectivity index (χ4n) is 5.64. The molecule has 0 unspecified atom stereocenters. The molecule has 41 heavy (non-hydrogen) atoms. The van der Waals surface area contributed by atoms with Gasteiger partial charge in [0.25, 0.3) is 5.91 Å². The van der Waals surface area contributed by atoms with Crippen molar-refractivity contribution in [2.45, 2.75) is 64.2 Å². The first-order valence-corrected chi connectivity index (χ1v) is 14.5. The number of rotatable bonds is 9. The van der Waals surface area contributed by atoms with Gasteiger partial charge in [-0.15, -0.1) is 0 Å². The zero-order valence-corrected chi connectivity index (χ0v) is 24.9. The quantitative estimate of drug-likeness (QED) is 0.391. The van der Waals surface area contributed by atoms with Gasteiger partial charge in [0.1, 0.15) is 23.9 Å². The van der Waals surface area contributed by atoms with Gasteiger partial charge >= 0.3 is 0 Å². The number of halogens is 1. The Kier molecular flexibility index (Phi) is 9.47. The molecule has 2 aromatic rings. The normalized spacial score (nSPS) is 19.6. The van der Waals surface area contributed by atoms with Gasteiger partial charge in [0, 0.05) is 29.9 Å².